The number of hydrogen-bond acceptors (Lipinski definition) is 5. The molecule has 1 N–H and O–H groups in total. The molecule has 1 amide bonds. The van der Waals surface area contributed by atoms with E-state index in [-0.39, 0.29) is 25.4 Å². The SMILES string of the molecule is Cc1nc(CCc2cnn(Cc3ccc(F)cc3C#N)c2)cc2c1NC(=O)[C@H](C1CC1)N2C.S. The number of benzene rings is 1. The van der Waals surface area contributed by atoms with Gasteiger partial charge in [0.1, 0.15) is 11.9 Å². The Morgan fingerprint density at radius 2 is 2.06 bits per heavy atom. The molecular formula is C25H27FN6OS. The maximum atomic E-state index is 13.4. The number of fused-ring (bicyclic) bond motifs is 1. The summed E-state index contributed by atoms with van der Waals surface area (Å²) in [6, 6.07) is 8.25. The number of nitrogens with one attached hydrogen (secondary N) is 1. The first-order valence-corrected chi connectivity index (χ1v) is 11.2. The van der Waals surface area contributed by atoms with E-state index in [9.17, 15) is 14.4 Å². The van der Waals surface area contributed by atoms with Crippen molar-refractivity contribution in [3.8, 4) is 6.07 Å². The number of aromatic nitrogens is 3. The first kappa shape index (κ1) is 23.8. The second-order valence-corrected chi connectivity index (χ2v) is 8.93. The molecule has 1 aliphatic carbocycles. The van der Waals surface area contributed by atoms with Crippen LogP contribution in [-0.4, -0.2) is 33.8 Å². The Morgan fingerprint density at radius 3 is 2.79 bits per heavy atom. The van der Waals surface area contributed by atoms with Crippen LogP contribution in [0.2, 0.25) is 0 Å². The Kier molecular flexibility index (Phi) is 6.62. The topological polar surface area (TPSA) is 86.8 Å². The number of carbonyl (C=O) groups is 1. The largest absolute Gasteiger partial charge is 0.361 e. The molecule has 34 heavy (non-hydrogen) atoms. The second kappa shape index (κ2) is 9.47. The summed E-state index contributed by atoms with van der Waals surface area (Å²) in [7, 11) is 2.00. The van der Waals surface area contributed by atoms with Crippen LogP contribution in [0, 0.1) is 30.0 Å². The molecule has 2 aromatic heterocycles. The fraction of sp³-hybridized carbons (Fsp3) is 0.360. The number of amides is 1. The molecule has 3 heterocycles. The van der Waals surface area contributed by atoms with E-state index in [4.69, 9.17) is 4.98 Å². The molecule has 0 spiro atoms. The zero-order valence-electron chi connectivity index (χ0n) is 19.2. The van der Waals surface area contributed by atoms with E-state index in [1.165, 1.54) is 12.1 Å². The van der Waals surface area contributed by atoms with Crippen LogP contribution >= 0.6 is 13.5 Å². The van der Waals surface area contributed by atoms with Crippen LogP contribution in [-0.2, 0) is 24.2 Å². The lowest BCUT2D eigenvalue weighted by atomic mass is 10.0. The Hall–Kier alpha value is -3.38. The number of nitriles is 1. The standard InChI is InChI=1S/C25H25FN6O.H2S/c1-15-23-22(31(2)24(17-4-5-17)25(33)30-23)10-21(29-15)8-3-16-12-28-32(13-16)14-18-6-7-20(26)9-19(18)11-27;/h6-7,9-10,12-13,17,24H,3-5,8,14H2,1-2H3,(H,30,33);1H2/t24-;/m0./s1. The van der Waals surface area contributed by atoms with Crippen molar-refractivity contribution in [2.24, 2.45) is 5.92 Å². The van der Waals surface area contributed by atoms with Crippen LogP contribution in [0.15, 0.2) is 36.7 Å². The third kappa shape index (κ3) is 4.64. The van der Waals surface area contributed by atoms with E-state index in [1.807, 2.05) is 32.4 Å². The molecule has 0 bridgehead atoms. The van der Waals surface area contributed by atoms with E-state index in [2.05, 4.69) is 21.4 Å². The van der Waals surface area contributed by atoms with Crippen LogP contribution in [0.4, 0.5) is 15.8 Å². The minimum Gasteiger partial charge on any atom is -0.361 e. The predicted molar refractivity (Wildman–Crippen MR) is 133 cm³/mol. The van der Waals surface area contributed by atoms with E-state index in [0.717, 1.165) is 59.6 Å². The van der Waals surface area contributed by atoms with Crippen LogP contribution in [0.1, 0.15) is 40.9 Å². The maximum absolute atomic E-state index is 13.4. The summed E-state index contributed by atoms with van der Waals surface area (Å²) >= 11 is 0. The molecule has 7 nitrogen and oxygen atoms in total. The van der Waals surface area contributed by atoms with Crippen molar-refractivity contribution in [1.29, 1.82) is 5.26 Å². The van der Waals surface area contributed by atoms with Crippen LogP contribution < -0.4 is 10.2 Å². The van der Waals surface area contributed by atoms with E-state index in [1.54, 1.807) is 10.7 Å². The van der Waals surface area contributed by atoms with Gasteiger partial charge in [-0.3, -0.25) is 14.5 Å². The lowest BCUT2D eigenvalue weighted by molar-refractivity contribution is -0.118. The van der Waals surface area contributed by atoms with Crippen molar-refractivity contribution in [3.63, 3.8) is 0 Å². The van der Waals surface area contributed by atoms with Crippen LogP contribution in [0.5, 0.6) is 0 Å². The molecule has 176 valence electrons. The first-order valence-electron chi connectivity index (χ1n) is 11.2. The summed E-state index contributed by atoms with van der Waals surface area (Å²) in [6.45, 7) is 2.34. The highest BCUT2D eigenvalue weighted by atomic mass is 32.1. The molecule has 0 radical (unpaired) electrons. The van der Waals surface area contributed by atoms with E-state index >= 15 is 0 Å². The quantitative estimate of drug-likeness (QED) is 0.584. The van der Waals surface area contributed by atoms with Crippen LogP contribution in [0.3, 0.4) is 0 Å². The molecule has 5 rings (SSSR count). The van der Waals surface area contributed by atoms with Gasteiger partial charge in [0.05, 0.1) is 41.4 Å². The monoisotopic (exact) mass is 478 g/mol. The predicted octanol–water partition coefficient (Wildman–Crippen LogP) is 3.71. The minimum absolute atomic E-state index is 0. The number of halogens is 1. The Morgan fingerprint density at radius 1 is 1.26 bits per heavy atom. The summed E-state index contributed by atoms with van der Waals surface area (Å²) in [4.78, 5) is 19.4. The lowest BCUT2D eigenvalue weighted by Gasteiger charge is -2.36. The average molecular weight is 479 g/mol. The molecular weight excluding hydrogens is 451 g/mol. The minimum atomic E-state index is -0.419. The summed E-state index contributed by atoms with van der Waals surface area (Å²) in [5.74, 6) is 0.0878. The van der Waals surface area contributed by atoms with Gasteiger partial charge in [-0.15, -0.1) is 0 Å². The van der Waals surface area contributed by atoms with Gasteiger partial charge >= 0.3 is 0 Å². The van der Waals surface area contributed by atoms with Crippen molar-refractivity contribution in [3.05, 3.63) is 70.6 Å². The van der Waals surface area contributed by atoms with Gasteiger partial charge in [0, 0.05) is 18.9 Å². The summed E-state index contributed by atoms with van der Waals surface area (Å²) < 4.78 is 15.1. The summed E-state index contributed by atoms with van der Waals surface area (Å²) in [5.41, 5.74) is 5.76. The van der Waals surface area contributed by atoms with Crippen molar-refractivity contribution < 1.29 is 9.18 Å². The van der Waals surface area contributed by atoms with Crippen molar-refractivity contribution in [2.45, 2.75) is 45.2 Å². The van der Waals surface area contributed by atoms with E-state index in [0.29, 0.717) is 18.0 Å². The number of nitrogens with zero attached hydrogens (tertiary/aromatic N) is 5. The molecule has 2 aliphatic rings. The van der Waals surface area contributed by atoms with Gasteiger partial charge in [0.25, 0.3) is 0 Å². The van der Waals surface area contributed by atoms with Crippen molar-refractivity contribution in [1.82, 2.24) is 14.8 Å². The lowest BCUT2D eigenvalue weighted by Crippen LogP contribution is -2.47. The van der Waals surface area contributed by atoms with Gasteiger partial charge in [-0.2, -0.15) is 23.9 Å². The zero-order chi connectivity index (χ0) is 23.1. The third-order valence-electron chi connectivity index (χ3n) is 6.50. The van der Waals surface area contributed by atoms with Crippen molar-refractivity contribution >= 4 is 30.8 Å². The highest BCUT2D eigenvalue weighted by Crippen LogP contribution is 2.42. The first-order chi connectivity index (χ1) is 15.9. The smallest absolute Gasteiger partial charge is 0.247 e. The van der Waals surface area contributed by atoms with Gasteiger partial charge in [0.15, 0.2) is 0 Å². The summed E-state index contributed by atoms with van der Waals surface area (Å²) in [6.07, 6.45) is 7.48. The molecule has 1 saturated carbocycles. The molecule has 0 saturated heterocycles. The Bertz CT molecular complexity index is 1280. The average Bonchev–Trinajstić information content (AvgIpc) is 3.52. The van der Waals surface area contributed by atoms with Gasteiger partial charge < -0.3 is 10.2 Å². The normalized spacial score (nSPS) is 16.9. The third-order valence-corrected chi connectivity index (χ3v) is 6.50. The summed E-state index contributed by atoms with van der Waals surface area (Å²) in [5, 5.41) is 16.7. The number of carbonyl (C=O) groups excluding carboxylic acids is 1. The maximum Gasteiger partial charge on any atom is 0.247 e. The number of anilines is 2. The molecule has 1 aromatic carbocycles. The number of pyridine rings is 1. The highest BCUT2D eigenvalue weighted by Gasteiger charge is 2.42. The van der Waals surface area contributed by atoms with Gasteiger partial charge in [-0.25, -0.2) is 4.39 Å². The molecule has 0 unspecified atom stereocenters. The van der Waals surface area contributed by atoms with Gasteiger partial charge in [-0.1, -0.05) is 6.07 Å². The number of hydrogen-bond donors (Lipinski definition) is 1. The molecule has 1 aliphatic heterocycles. The number of likely N-dealkylation sites (N-methyl/N-ethyl adjacent to an activating group) is 1. The molecule has 3 aromatic rings. The molecule has 9 heteroatoms. The fourth-order valence-corrected chi connectivity index (χ4v) is 4.60. The van der Waals surface area contributed by atoms with Crippen molar-refractivity contribution in [2.75, 3.05) is 17.3 Å². The number of rotatable bonds is 6. The number of aryl methyl sites for hydroxylation is 3. The zero-order valence-corrected chi connectivity index (χ0v) is 20.2. The molecule has 1 atom stereocenters. The Balaban J connectivity index is 0.00000274. The van der Waals surface area contributed by atoms with E-state index < -0.39 is 5.82 Å². The Labute approximate surface area is 205 Å². The van der Waals surface area contributed by atoms with Gasteiger partial charge in [-0.05, 0) is 67.9 Å². The fourth-order valence-electron chi connectivity index (χ4n) is 4.60. The second-order valence-electron chi connectivity index (χ2n) is 8.93. The van der Waals surface area contributed by atoms with Gasteiger partial charge in [0.2, 0.25) is 5.91 Å². The molecule has 1 fully saturated rings. The highest BCUT2D eigenvalue weighted by molar-refractivity contribution is 7.59. The van der Waals surface area contributed by atoms with Crippen LogP contribution in [0.25, 0.3) is 0 Å².